The molecule has 0 bridgehead atoms. The van der Waals surface area contributed by atoms with Gasteiger partial charge in [-0.1, -0.05) is 0 Å². The Balaban J connectivity index is 1.74. The van der Waals surface area contributed by atoms with E-state index in [1.807, 2.05) is 11.0 Å². The molecule has 3 aromatic rings. The van der Waals surface area contributed by atoms with Crippen molar-refractivity contribution in [1.82, 2.24) is 24.6 Å². The van der Waals surface area contributed by atoms with Crippen molar-refractivity contribution in [1.29, 1.82) is 0 Å². The molecular weight excluding hydrogens is 374 g/mol. The van der Waals surface area contributed by atoms with Crippen molar-refractivity contribution in [3.05, 3.63) is 24.7 Å². The highest BCUT2D eigenvalue weighted by atomic mass is 19.3. The SMILES string of the molecule is COc1ncc(-c2cc(N3CC[C@@H](OC(F)F)C3)c3nccn3n2)c(OC)n1. The normalized spacial score (nSPS) is 16.9. The summed E-state index contributed by atoms with van der Waals surface area (Å²) in [5.74, 6) is 0.310. The number of hydrogen-bond acceptors (Lipinski definition) is 8. The Kier molecular flexibility index (Phi) is 4.90. The lowest BCUT2D eigenvalue weighted by Crippen LogP contribution is -2.25. The van der Waals surface area contributed by atoms with Gasteiger partial charge in [0.05, 0.1) is 31.6 Å². The smallest absolute Gasteiger partial charge is 0.345 e. The van der Waals surface area contributed by atoms with Crippen molar-refractivity contribution < 1.29 is 23.0 Å². The second kappa shape index (κ2) is 7.50. The predicted molar refractivity (Wildman–Crippen MR) is 94.8 cm³/mol. The lowest BCUT2D eigenvalue weighted by Gasteiger charge is -2.20. The zero-order valence-corrected chi connectivity index (χ0v) is 15.2. The van der Waals surface area contributed by atoms with Crippen LogP contribution in [0.3, 0.4) is 0 Å². The van der Waals surface area contributed by atoms with Gasteiger partial charge in [0.15, 0.2) is 5.65 Å². The van der Waals surface area contributed by atoms with Gasteiger partial charge in [-0.3, -0.25) is 0 Å². The van der Waals surface area contributed by atoms with Crippen molar-refractivity contribution >= 4 is 11.3 Å². The van der Waals surface area contributed by atoms with Crippen LogP contribution < -0.4 is 14.4 Å². The number of halogens is 2. The van der Waals surface area contributed by atoms with Crippen LogP contribution in [-0.2, 0) is 4.74 Å². The molecule has 0 unspecified atom stereocenters. The first-order chi connectivity index (χ1) is 13.6. The van der Waals surface area contributed by atoms with E-state index < -0.39 is 12.7 Å². The van der Waals surface area contributed by atoms with Crippen molar-refractivity contribution in [3.63, 3.8) is 0 Å². The number of methoxy groups -OCH3 is 2. The quantitative estimate of drug-likeness (QED) is 0.630. The molecule has 0 N–H and O–H groups in total. The lowest BCUT2D eigenvalue weighted by molar-refractivity contribution is -0.156. The van der Waals surface area contributed by atoms with Crippen molar-refractivity contribution in [2.24, 2.45) is 0 Å². The fourth-order valence-electron chi connectivity index (χ4n) is 3.25. The highest BCUT2D eigenvalue weighted by Gasteiger charge is 2.28. The van der Waals surface area contributed by atoms with Gasteiger partial charge >= 0.3 is 12.6 Å². The molecule has 9 nitrogen and oxygen atoms in total. The van der Waals surface area contributed by atoms with E-state index in [4.69, 9.17) is 9.47 Å². The van der Waals surface area contributed by atoms with Crippen LogP contribution in [0.4, 0.5) is 14.5 Å². The molecule has 28 heavy (non-hydrogen) atoms. The van der Waals surface area contributed by atoms with Gasteiger partial charge in [-0.15, -0.1) is 0 Å². The Morgan fingerprint density at radius 1 is 1.21 bits per heavy atom. The van der Waals surface area contributed by atoms with E-state index in [1.54, 1.807) is 23.1 Å². The summed E-state index contributed by atoms with van der Waals surface area (Å²) < 4.78 is 41.8. The summed E-state index contributed by atoms with van der Waals surface area (Å²) in [5.41, 5.74) is 2.50. The summed E-state index contributed by atoms with van der Waals surface area (Å²) in [6.45, 7) is -1.88. The van der Waals surface area contributed by atoms with Crippen LogP contribution >= 0.6 is 0 Å². The van der Waals surface area contributed by atoms with Crippen LogP contribution in [0.25, 0.3) is 16.9 Å². The van der Waals surface area contributed by atoms with Gasteiger partial charge in [-0.05, 0) is 12.5 Å². The van der Waals surface area contributed by atoms with Crippen molar-refractivity contribution in [3.8, 4) is 23.1 Å². The summed E-state index contributed by atoms with van der Waals surface area (Å²) in [6.07, 6.45) is 4.87. The molecule has 0 aromatic carbocycles. The average Bonchev–Trinajstić information content (AvgIpc) is 3.35. The minimum atomic E-state index is -2.79. The molecule has 0 radical (unpaired) electrons. The second-order valence-electron chi connectivity index (χ2n) is 6.14. The molecule has 0 saturated carbocycles. The van der Waals surface area contributed by atoms with Gasteiger partial charge in [-0.25, -0.2) is 14.5 Å². The maximum atomic E-state index is 12.5. The molecule has 148 valence electrons. The molecule has 1 aliphatic rings. The molecule has 0 aliphatic carbocycles. The number of ether oxygens (including phenoxy) is 3. The van der Waals surface area contributed by atoms with Gasteiger partial charge < -0.3 is 19.1 Å². The van der Waals surface area contributed by atoms with E-state index in [2.05, 4.69) is 24.8 Å². The molecule has 0 amide bonds. The maximum Gasteiger partial charge on any atom is 0.345 e. The number of fused-ring (bicyclic) bond motifs is 1. The Morgan fingerprint density at radius 2 is 2.07 bits per heavy atom. The van der Waals surface area contributed by atoms with Crippen LogP contribution in [-0.4, -0.2) is 64.6 Å². The predicted octanol–water partition coefficient (Wildman–Crippen LogP) is 2.02. The van der Waals surface area contributed by atoms with E-state index in [9.17, 15) is 8.78 Å². The second-order valence-corrected chi connectivity index (χ2v) is 6.14. The summed E-state index contributed by atoms with van der Waals surface area (Å²) in [4.78, 5) is 14.6. The topological polar surface area (TPSA) is 86.9 Å². The van der Waals surface area contributed by atoms with Crippen LogP contribution in [0.15, 0.2) is 24.7 Å². The Labute approximate surface area is 158 Å². The Bertz CT molecular complexity index is 983. The van der Waals surface area contributed by atoms with Gasteiger partial charge in [0.1, 0.15) is 5.69 Å². The molecule has 4 heterocycles. The minimum Gasteiger partial charge on any atom is -0.480 e. The first kappa shape index (κ1) is 18.3. The Morgan fingerprint density at radius 3 is 2.82 bits per heavy atom. The van der Waals surface area contributed by atoms with Crippen molar-refractivity contribution in [2.45, 2.75) is 19.1 Å². The van der Waals surface area contributed by atoms with Gasteiger partial charge in [0.2, 0.25) is 5.88 Å². The van der Waals surface area contributed by atoms with Crippen LogP contribution in [0.1, 0.15) is 6.42 Å². The third kappa shape index (κ3) is 3.40. The first-order valence-corrected chi connectivity index (χ1v) is 8.57. The third-order valence-corrected chi connectivity index (χ3v) is 4.50. The number of hydrogen-bond donors (Lipinski definition) is 0. The fraction of sp³-hybridized carbons (Fsp3) is 0.412. The fourth-order valence-corrected chi connectivity index (χ4v) is 3.25. The number of aromatic nitrogens is 5. The molecular formula is C17H18F2N6O3. The number of nitrogens with zero attached hydrogens (tertiary/aromatic N) is 6. The van der Waals surface area contributed by atoms with E-state index in [1.165, 1.54) is 14.2 Å². The summed E-state index contributed by atoms with van der Waals surface area (Å²) in [5, 5.41) is 4.54. The Hall–Kier alpha value is -3.08. The van der Waals surface area contributed by atoms with Gasteiger partial charge in [0, 0.05) is 31.7 Å². The molecule has 1 saturated heterocycles. The van der Waals surface area contributed by atoms with Crippen molar-refractivity contribution in [2.75, 3.05) is 32.2 Å². The van der Waals surface area contributed by atoms with E-state index in [0.717, 1.165) is 5.69 Å². The van der Waals surface area contributed by atoms with E-state index >= 15 is 0 Å². The number of anilines is 1. The van der Waals surface area contributed by atoms with Gasteiger partial charge in [-0.2, -0.15) is 18.9 Å². The zero-order chi connectivity index (χ0) is 19.7. The molecule has 1 aliphatic heterocycles. The molecule has 3 aromatic heterocycles. The van der Waals surface area contributed by atoms with Gasteiger partial charge in [0.25, 0.3) is 0 Å². The highest BCUT2D eigenvalue weighted by Crippen LogP contribution is 2.33. The summed E-state index contributed by atoms with van der Waals surface area (Å²) in [6, 6.07) is 2.00. The van der Waals surface area contributed by atoms with Crippen LogP contribution in [0.2, 0.25) is 0 Å². The molecule has 1 atom stereocenters. The van der Waals surface area contributed by atoms with E-state index in [-0.39, 0.29) is 6.01 Å². The lowest BCUT2D eigenvalue weighted by atomic mass is 10.2. The zero-order valence-electron chi connectivity index (χ0n) is 15.2. The molecule has 0 spiro atoms. The maximum absolute atomic E-state index is 12.5. The first-order valence-electron chi connectivity index (χ1n) is 8.57. The van der Waals surface area contributed by atoms with E-state index in [0.29, 0.717) is 42.3 Å². The number of imidazole rings is 1. The summed E-state index contributed by atoms with van der Waals surface area (Å²) in [7, 11) is 2.96. The molecule has 11 heteroatoms. The number of rotatable bonds is 6. The summed E-state index contributed by atoms with van der Waals surface area (Å²) >= 11 is 0. The third-order valence-electron chi connectivity index (χ3n) is 4.50. The monoisotopic (exact) mass is 392 g/mol. The minimum absolute atomic E-state index is 0.177. The highest BCUT2D eigenvalue weighted by molar-refractivity contribution is 5.76. The van der Waals surface area contributed by atoms with Crippen LogP contribution in [0, 0.1) is 0 Å². The van der Waals surface area contributed by atoms with Crippen LogP contribution in [0.5, 0.6) is 11.9 Å². The average molecular weight is 392 g/mol. The standard InChI is InChI=1S/C17H18F2N6O3/c1-26-15-11(8-21-17(22-15)27-2)12-7-13(14-20-4-6-25(14)23-12)24-5-3-10(9-24)28-16(18)19/h4,6-8,10,16H,3,5,9H2,1-2H3/t10-/m1/s1. The molecule has 1 fully saturated rings. The largest absolute Gasteiger partial charge is 0.480 e. The number of alkyl halides is 2. The molecule has 4 rings (SSSR count).